The van der Waals surface area contributed by atoms with E-state index >= 15 is 0 Å². The van der Waals surface area contributed by atoms with Crippen molar-refractivity contribution in [3.63, 3.8) is 0 Å². The van der Waals surface area contributed by atoms with Gasteiger partial charge < -0.3 is 19.7 Å². The molecular weight excluding hydrogens is 739 g/mol. The maximum absolute atomic E-state index is 12.8. The van der Waals surface area contributed by atoms with Crippen LogP contribution in [0.4, 0.5) is 0 Å². The molecule has 59 heavy (non-hydrogen) atoms. The van der Waals surface area contributed by atoms with E-state index < -0.39 is 0 Å². The van der Waals surface area contributed by atoms with E-state index in [2.05, 4.69) is 32.6 Å². The highest BCUT2D eigenvalue weighted by molar-refractivity contribution is 5.69. The van der Waals surface area contributed by atoms with Crippen LogP contribution in [0.15, 0.2) is 0 Å². The number of esters is 1. The van der Waals surface area contributed by atoms with Crippen LogP contribution in [-0.2, 0) is 23.9 Å². The minimum absolute atomic E-state index is 0.0338. The molecule has 1 aliphatic rings. The summed E-state index contributed by atoms with van der Waals surface area (Å²) in [4.78, 5) is 32.0. The summed E-state index contributed by atoms with van der Waals surface area (Å²) in [6.45, 7) is 13.5. The summed E-state index contributed by atoms with van der Waals surface area (Å²) in [7, 11) is 0. The third-order valence-electron chi connectivity index (χ3n) is 12.8. The summed E-state index contributed by atoms with van der Waals surface area (Å²) < 4.78 is 11.6. The van der Waals surface area contributed by atoms with Gasteiger partial charge in [0.15, 0.2) is 0 Å². The van der Waals surface area contributed by atoms with Crippen LogP contribution in [0.1, 0.15) is 259 Å². The Morgan fingerprint density at radius 2 is 0.763 bits per heavy atom. The van der Waals surface area contributed by atoms with Gasteiger partial charge in [-0.3, -0.25) is 19.3 Å². The first-order chi connectivity index (χ1) is 28.9. The van der Waals surface area contributed by atoms with E-state index in [0.29, 0.717) is 6.42 Å². The van der Waals surface area contributed by atoms with E-state index in [-0.39, 0.29) is 25.0 Å². The highest BCUT2D eigenvalue weighted by Gasteiger charge is 2.16. The maximum Gasteiger partial charge on any atom is 0.306 e. The van der Waals surface area contributed by atoms with Crippen molar-refractivity contribution in [3.05, 3.63) is 0 Å². The zero-order valence-electron chi connectivity index (χ0n) is 39.8. The SMILES string of the molecule is CCC(CC)CCCCCCCCCCCCCCCC(CCCCCCCCCCCCCCCC(CC)CC)OC(=O)CCCN1CCOCC1.O=CO.O=CO. The van der Waals surface area contributed by atoms with Crippen molar-refractivity contribution in [2.45, 2.75) is 265 Å². The van der Waals surface area contributed by atoms with Crippen LogP contribution in [0.5, 0.6) is 0 Å². The van der Waals surface area contributed by atoms with Gasteiger partial charge in [0.25, 0.3) is 12.9 Å². The Labute approximate surface area is 366 Å². The smallest absolute Gasteiger partial charge is 0.306 e. The Balaban J connectivity index is 0. The average molecular weight is 840 g/mol. The molecule has 0 unspecified atom stereocenters. The fourth-order valence-electron chi connectivity index (χ4n) is 8.67. The number of hydrogen-bond acceptors (Lipinski definition) is 6. The molecule has 1 rings (SSSR count). The van der Waals surface area contributed by atoms with Gasteiger partial charge in [-0.25, -0.2) is 0 Å². The molecule has 0 bridgehead atoms. The first kappa shape index (κ1) is 59.4. The molecule has 1 saturated heterocycles. The molecule has 1 aliphatic heterocycles. The number of unbranched alkanes of at least 4 members (excludes halogenated alkanes) is 24. The summed E-state index contributed by atoms with van der Waals surface area (Å²) in [5.74, 6) is 1.97. The first-order valence-corrected chi connectivity index (χ1v) is 25.6. The molecule has 0 aliphatic carbocycles. The number of hydrogen-bond donors (Lipinski definition) is 2. The summed E-state index contributed by atoms with van der Waals surface area (Å²) in [6, 6.07) is 0. The number of carbonyl (C=O) groups is 3. The van der Waals surface area contributed by atoms with Gasteiger partial charge in [0.1, 0.15) is 6.10 Å². The molecule has 0 amide bonds. The minimum atomic E-state index is -0.250. The standard InChI is InChI=1S/C49H97NO3.2CH2O2/c1-5-46(6-2)36-31-27-23-19-15-11-9-13-17-21-25-29-33-38-48(53-49(51)40-35-41-50-42-44-52-45-43-50)39-34-30-26-22-18-14-10-12-16-20-24-28-32-37-47(7-3)8-4;2*2-1-3/h46-48H,5-45H2,1-4H3;2*1H,(H,2,3). The molecule has 0 saturated carbocycles. The van der Waals surface area contributed by atoms with Crippen molar-refractivity contribution in [3.8, 4) is 0 Å². The Bertz CT molecular complexity index is 781. The zero-order valence-corrected chi connectivity index (χ0v) is 39.8. The van der Waals surface area contributed by atoms with E-state index in [1.165, 1.54) is 205 Å². The lowest BCUT2D eigenvalue weighted by Gasteiger charge is -2.26. The number of carboxylic acid groups (broad SMARTS) is 2. The highest BCUT2D eigenvalue weighted by atomic mass is 16.5. The van der Waals surface area contributed by atoms with Crippen molar-refractivity contribution in [1.82, 2.24) is 4.90 Å². The predicted octanol–water partition coefficient (Wildman–Crippen LogP) is 15.0. The van der Waals surface area contributed by atoms with E-state index in [1.54, 1.807) is 0 Å². The molecule has 8 heteroatoms. The summed E-state index contributed by atoms with van der Waals surface area (Å²) >= 11 is 0. The van der Waals surface area contributed by atoms with Gasteiger partial charge in [-0.1, -0.05) is 220 Å². The van der Waals surface area contributed by atoms with Crippen LogP contribution >= 0.6 is 0 Å². The average Bonchev–Trinajstić information content (AvgIpc) is 3.24. The van der Waals surface area contributed by atoms with Crippen molar-refractivity contribution in [2.24, 2.45) is 11.8 Å². The lowest BCUT2D eigenvalue weighted by molar-refractivity contribution is -0.150. The van der Waals surface area contributed by atoms with Crippen molar-refractivity contribution in [1.29, 1.82) is 0 Å². The second-order valence-electron chi connectivity index (χ2n) is 17.6. The number of carbonyl (C=O) groups excluding carboxylic acids is 1. The normalized spacial score (nSPS) is 12.9. The van der Waals surface area contributed by atoms with Crippen molar-refractivity contribution < 1.29 is 34.1 Å². The van der Waals surface area contributed by atoms with Crippen molar-refractivity contribution >= 4 is 18.9 Å². The van der Waals surface area contributed by atoms with Crippen LogP contribution in [0.25, 0.3) is 0 Å². The fraction of sp³-hybridized carbons (Fsp3) is 0.941. The van der Waals surface area contributed by atoms with E-state index in [9.17, 15) is 4.79 Å². The van der Waals surface area contributed by atoms with E-state index in [4.69, 9.17) is 29.3 Å². The lowest BCUT2D eigenvalue weighted by Crippen LogP contribution is -2.37. The minimum Gasteiger partial charge on any atom is -0.483 e. The van der Waals surface area contributed by atoms with Gasteiger partial charge in [-0.2, -0.15) is 0 Å². The second kappa shape index (κ2) is 50.7. The zero-order chi connectivity index (χ0) is 43.7. The van der Waals surface area contributed by atoms with Gasteiger partial charge in [-0.15, -0.1) is 0 Å². The van der Waals surface area contributed by atoms with E-state index in [1.807, 2.05) is 0 Å². The van der Waals surface area contributed by atoms with Crippen LogP contribution in [0, 0.1) is 11.8 Å². The molecule has 352 valence electrons. The molecule has 1 fully saturated rings. The number of ether oxygens (including phenoxy) is 2. The monoisotopic (exact) mass is 840 g/mol. The highest BCUT2D eigenvalue weighted by Crippen LogP contribution is 2.21. The first-order valence-electron chi connectivity index (χ1n) is 25.6. The number of rotatable bonds is 41. The summed E-state index contributed by atoms with van der Waals surface area (Å²) in [5, 5.41) is 13.8. The number of morpholine rings is 1. The maximum atomic E-state index is 12.8. The van der Waals surface area contributed by atoms with Gasteiger partial charge in [0.2, 0.25) is 0 Å². The Hall–Kier alpha value is -1.67. The van der Waals surface area contributed by atoms with Gasteiger partial charge in [0.05, 0.1) is 13.2 Å². The van der Waals surface area contributed by atoms with Gasteiger partial charge in [-0.05, 0) is 50.5 Å². The molecule has 0 radical (unpaired) electrons. The molecule has 0 aromatic rings. The molecule has 0 spiro atoms. The van der Waals surface area contributed by atoms with Crippen LogP contribution < -0.4 is 0 Å². The molecular formula is C51H101NO7. The summed E-state index contributed by atoms with van der Waals surface area (Å²) in [5.41, 5.74) is 0. The molecule has 0 atom stereocenters. The quantitative estimate of drug-likeness (QED) is 0.0355. The van der Waals surface area contributed by atoms with Crippen LogP contribution in [0.3, 0.4) is 0 Å². The fourth-order valence-corrected chi connectivity index (χ4v) is 8.67. The van der Waals surface area contributed by atoms with Gasteiger partial charge >= 0.3 is 5.97 Å². The molecule has 8 nitrogen and oxygen atoms in total. The molecule has 2 N–H and O–H groups in total. The lowest BCUT2D eigenvalue weighted by atomic mass is 9.95. The Kier molecular flexibility index (Phi) is 51.0. The Morgan fingerprint density at radius 1 is 0.492 bits per heavy atom. The predicted molar refractivity (Wildman–Crippen MR) is 250 cm³/mol. The number of nitrogens with zero attached hydrogens (tertiary/aromatic N) is 1. The summed E-state index contributed by atoms with van der Waals surface area (Å²) in [6.07, 6.45) is 48.3. The topological polar surface area (TPSA) is 113 Å². The largest absolute Gasteiger partial charge is 0.483 e. The van der Waals surface area contributed by atoms with Crippen LogP contribution in [0.2, 0.25) is 0 Å². The third kappa shape index (κ3) is 45.7. The molecule has 0 aromatic heterocycles. The van der Waals surface area contributed by atoms with Gasteiger partial charge in [0, 0.05) is 19.5 Å². The Morgan fingerprint density at radius 3 is 1.05 bits per heavy atom. The van der Waals surface area contributed by atoms with Crippen LogP contribution in [-0.4, -0.2) is 73.0 Å². The second-order valence-corrected chi connectivity index (χ2v) is 17.6. The molecule has 0 aromatic carbocycles. The molecule has 1 heterocycles. The van der Waals surface area contributed by atoms with E-state index in [0.717, 1.165) is 63.9 Å². The third-order valence-corrected chi connectivity index (χ3v) is 12.8. The van der Waals surface area contributed by atoms with Crippen molar-refractivity contribution in [2.75, 3.05) is 32.8 Å².